The molecule has 0 aliphatic carbocycles. The van der Waals surface area contributed by atoms with Gasteiger partial charge in [0, 0.05) is 11.8 Å². The minimum Gasteiger partial charge on any atom is -0.268 e. The highest BCUT2D eigenvalue weighted by Gasteiger charge is 2.03. The molecule has 2 aromatic rings. The molecule has 0 aliphatic heterocycles. The number of benzene rings is 1. The topological polar surface area (TPSA) is 17.8 Å². The molecule has 16 heavy (non-hydrogen) atoms. The fourth-order valence-corrected chi connectivity index (χ4v) is 1.71. The molecule has 0 aliphatic rings. The van der Waals surface area contributed by atoms with E-state index in [2.05, 4.69) is 12.0 Å². The molecule has 0 saturated heterocycles. The largest absolute Gasteiger partial charge is 0.268 e. The smallest absolute Gasteiger partial charge is 0.128 e. The molecule has 84 valence electrons. The van der Waals surface area contributed by atoms with Crippen LogP contribution in [0.4, 0.5) is 4.39 Å². The number of halogens is 1. The van der Waals surface area contributed by atoms with Gasteiger partial charge in [-0.2, -0.15) is 5.10 Å². The van der Waals surface area contributed by atoms with Crippen molar-refractivity contribution in [1.82, 2.24) is 9.78 Å². The third-order valence-electron chi connectivity index (χ3n) is 2.52. The van der Waals surface area contributed by atoms with Gasteiger partial charge < -0.3 is 0 Å². The summed E-state index contributed by atoms with van der Waals surface area (Å²) in [7, 11) is 0. The Bertz CT molecular complexity index is 462. The molecule has 2 nitrogen and oxygen atoms in total. The quantitative estimate of drug-likeness (QED) is 0.771. The average Bonchev–Trinajstić information content (AvgIpc) is 2.70. The standard InChI is InChI=1S/C13H15FN2/c1-2-5-11-8-15-16(9-11)10-12-6-3-4-7-13(12)14/h3-4,6-9H,2,5,10H2,1H3. The van der Waals surface area contributed by atoms with Gasteiger partial charge >= 0.3 is 0 Å². The van der Waals surface area contributed by atoms with E-state index in [1.54, 1.807) is 16.8 Å². The van der Waals surface area contributed by atoms with Crippen LogP contribution >= 0.6 is 0 Å². The van der Waals surface area contributed by atoms with Crippen molar-refractivity contribution in [2.24, 2.45) is 0 Å². The molecule has 3 heteroatoms. The summed E-state index contributed by atoms with van der Waals surface area (Å²) in [6.07, 6.45) is 5.96. The van der Waals surface area contributed by atoms with E-state index in [1.807, 2.05) is 18.5 Å². The van der Waals surface area contributed by atoms with Gasteiger partial charge in [0.2, 0.25) is 0 Å². The van der Waals surface area contributed by atoms with Crippen molar-refractivity contribution >= 4 is 0 Å². The molecule has 0 saturated carbocycles. The molecular formula is C13H15FN2. The van der Waals surface area contributed by atoms with Crippen LogP contribution in [0.15, 0.2) is 36.7 Å². The van der Waals surface area contributed by atoms with Gasteiger partial charge in [0.15, 0.2) is 0 Å². The first-order valence-electron chi connectivity index (χ1n) is 5.54. The summed E-state index contributed by atoms with van der Waals surface area (Å²) >= 11 is 0. The van der Waals surface area contributed by atoms with Crippen LogP contribution in [0.1, 0.15) is 24.5 Å². The van der Waals surface area contributed by atoms with Crippen LogP contribution in [0.3, 0.4) is 0 Å². The van der Waals surface area contributed by atoms with Gasteiger partial charge in [-0.15, -0.1) is 0 Å². The number of nitrogens with zero attached hydrogens (tertiary/aromatic N) is 2. The molecule has 0 N–H and O–H groups in total. The number of hydrogen-bond donors (Lipinski definition) is 0. The van der Waals surface area contributed by atoms with Crippen molar-refractivity contribution in [2.75, 3.05) is 0 Å². The van der Waals surface area contributed by atoms with E-state index in [9.17, 15) is 4.39 Å². The molecule has 0 bridgehead atoms. The molecule has 1 aromatic carbocycles. The molecule has 0 radical (unpaired) electrons. The minimum atomic E-state index is -0.171. The third-order valence-corrected chi connectivity index (χ3v) is 2.52. The summed E-state index contributed by atoms with van der Waals surface area (Å²) < 4.78 is 15.2. The van der Waals surface area contributed by atoms with E-state index in [-0.39, 0.29) is 5.82 Å². The Morgan fingerprint density at radius 1 is 1.31 bits per heavy atom. The summed E-state index contributed by atoms with van der Waals surface area (Å²) in [5.74, 6) is -0.171. The first kappa shape index (κ1) is 10.9. The molecule has 0 spiro atoms. The lowest BCUT2D eigenvalue weighted by Gasteiger charge is -2.02. The molecule has 1 aromatic heterocycles. The predicted octanol–water partition coefficient (Wildman–Crippen LogP) is 3.02. The summed E-state index contributed by atoms with van der Waals surface area (Å²) in [5.41, 5.74) is 1.88. The van der Waals surface area contributed by atoms with Gasteiger partial charge in [0.25, 0.3) is 0 Å². The predicted molar refractivity (Wildman–Crippen MR) is 61.7 cm³/mol. The third kappa shape index (κ3) is 2.48. The van der Waals surface area contributed by atoms with Gasteiger partial charge in [-0.05, 0) is 18.1 Å². The number of aryl methyl sites for hydroxylation is 1. The van der Waals surface area contributed by atoms with Crippen molar-refractivity contribution in [3.63, 3.8) is 0 Å². The number of aromatic nitrogens is 2. The van der Waals surface area contributed by atoms with Crippen LogP contribution in [-0.4, -0.2) is 9.78 Å². The van der Waals surface area contributed by atoms with E-state index in [1.165, 1.54) is 11.6 Å². The number of rotatable bonds is 4. The Morgan fingerprint density at radius 3 is 2.88 bits per heavy atom. The van der Waals surface area contributed by atoms with Crippen LogP contribution in [0.2, 0.25) is 0 Å². The highest BCUT2D eigenvalue weighted by molar-refractivity contribution is 5.18. The van der Waals surface area contributed by atoms with E-state index < -0.39 is 0 Å². The number of hydrogen-bond acceptors (Lipinski definition) is 1. The van der Waals surface area contributed by atoms with Gasteiger partial charge in [-0.1, -0.05) is 31.5 Å². The Kier molecular flexibility index (Phi) is 3.34. The van der Waals surface area contributed by atoms with Crippen LogP contribution in [0, 0.1) is 5.82 Å². The SMILES string of the molecule is CCCc1cnn(Cc2ccccc2F)c1. The molecule has 0 fully saturated rings. The highest BCUT2D eigenvalue weighted by atomic mass is 19.1. The van der Waals surface area contributed by atoms with Gasteiger partial charge in [-0.3, -0.25) is 4.68 Å². The van der Waals surface area contributed by atoms with Crippen molar-refractivity contribution < 1.29 is 4.39 Å². The lowest BCUT2D eigenvalue weighted by molar-refractivity contribution is 0.585. The zero-order valence-corrected chi connectivity index (χ0v) is 9.36. The Hall–Kier alpha value is -1.64. The van der Waals surface area contributed by atoms with E-state index in [4.69, 9.17) is 0 Å². The molecule has 0 atom stereocenters. The Morgan fingerprint density at radius 2 is 2.12 bits per heavy atom. The Balaban J connectivity index is 2.11. The van der Waals surface area contributed by atoms with Crippen molar-refractivity contribution in [2.45, 2.75) is 26.3 Å². The molecular weight excluding hydrogens is 203 g/mol. The fraction of sp³-hybridized carbons (Fsp3) is 0.308. The molecule has 1 heterocycles. The normalized spacial score (nSPS) is 10.6. The average molecular weight is 218 g/mol. The summed E-state index contributed by atoms with van der Waals surface area (Å²) in [6, 6.07) is 6.81. The maximum atomic E-state index is 13.4. The minimum absolute atomic E-state index is 0.171. The van der Waals surface area contributed by atoms with Crippen LogP contribution in [0.5, 0.6) is 0 Å². The second-order valence-corrected chi connectivity index (χ2v) is 3.89. The molecule has 0 amide bonds. The first-order chi connectivity index (χ1) is 7.79. The zero-order valence-electron chi connectivity index (χ0n) is 9.36. The molecule has 2 rings (SSSR count). The summed E-state index contributed by atoms with van der Waals surface area (Å²) in [5, 5.41) is 4.22. The van der Waals surface area contributed by atoms with Crippen molar-refractivity contribution in [1.29, 1.82) is 0 Å². The van der Waals surface area contributed by atoms with E-state index in [0.717, 1.165) is 12.8 Å². The lowest BCUT2D eigenvalue weighted by atomic mass is 10.2. The highest BCUT2D eigenvalue weighted by Crippen LogP contribution is 2.09. The van der Waals surface area contributed by atoms with E-state index in [0.29, 0.717) is 12.1 Å². The van der Waals surface area contributed by atoms with Gasteiger partial charge in [-0.25, -0.2) is 4.39 Å². The monoisotopic (exact) mass is 218 g/mol. The van der Waals surface area contributed by atoms with Crippen LogP contribution in [-0.2, 0) is 13.0 Å². The van der Waals surface area contributed by atoms with Crippen LogP contribution in [0.25, 0.3) is 0 Å². The van der Waals surface area contributed by atoms with E-state index >= 15 is 0 Å². The maximum Gasteiger partial charge on any atom is 0.128 e. The second kappa shape index (κ2) is 4.92. The maximum absolute atomic E-state index is 13.4. The summed E-state index contributed by atoms with van der Waals surface area (Å²) in [4.78, 5) is 0. The van der Waals surface area contributed by atoms with Crippen molar-refractivity contribution in [3.8, 4) is 0 Å². The first-order valence-corrected chi connectivity index (χ1v) is 5.54. The lowest BCUT2D eigenvalue weighted by Crippen LogP contribution is -2.01. The summed E-state index contributed by atoms with van der Waals surface area (Å²) in [6.45, 7) is 2.63. The fourth-order valence-electron chi connectivity index (χ4n) is 1.71. The van der Waals surface area contributed by atoms with Crippen molar-refractivity contribution in [3.05, 3.63) is 53.6 Å². The molecule has 0 unspecified atom stereocenters. The zero-order chi connectivity index (χ0) is 11.4. The second-order valence-electron chi connectivity index (χ2n) is 3.89. The Labute approximate surface area is 94.7 Å². The van der Waals surface area contributed by atoms with Gasteiger partial charge in [0.1, 0.15) is 5.82 Å². The van der Waals surface area contributed by atoms with Crippen LogP contribution < -0.4 is 0 Å². The van der Waals surface area contributed by atoms with Gasteiger partial charge in [0.05, 0.1) is 12.7 Å².